The van der Waals surface area contributed by atoms with E-state index in [1.807, 2.05) is 72.8 Å². The average molecular weight is 351 g/mol. The van der Waals surface area contributed by atoms with Gasteiger partial charge in [-0.25, -0.2) is 0 Å². The van der Waals surface area contributed by atoms with Crippen molar-refractivity contribution in [2.24, 2.45) is 0 Å². The number of nitrogens with one attached hydrogen (secondary N) is 1. The number of hydrogen-bond donors (Lipinski definition) is 1. The first-order valence-corrected chi connectivity index (χ1v) is 8.60. The lowest BCUT2D eigenvalue weighted by atomic mass is 10.0. The highest BCUT2D eigenvalue weighted by Gasteiger charge is 2.17. The van der Waals surface area contributed by atoms with E-state index in [0.717, 1.165) is 16.8 Å². The first kappa shape index (κ1) is 17.2. The standard InChI is InChI=1S/C21H19ClN2O/c22-18-12-9-16(10-13-18)11-14-20(25)24-21(17-6-2-1-3-7-17)19-8-4-5-15-23-19/h1-10,12-13,15,21H,11,14H2,(H,24,25). The van der Waals surface area contributed by atoms with Crippen molar-refractivity contribution in [3.8, 4) is 0 Å². The van der Waals surface area contributed by atoms with Gasteiger partial charge in [-0.2, -0.15) is 0 Å². The Kier molecular flexibility index (Phi) is 5.81. The molecule has 2 aromatic carbocycles. The summed E-state index contributed by atoms with van der Waals surface area (Å²) in [6.07, 6.45) is 2.83. The Hall–Kier alpha value is -2.65. The van der Waals surface area contributed by atoms with Crippen LogP contribution in [0.2, 0.25) is 5.02 Å². The van der Waals surface area contributed by atoms with E-state index in [2.05, 4.69) is 10.3 Å². The molecule has 0 aliphatic heterocycles. The van der Waals surface area contributed by atoms with Gasteiger partial charge in [0.15, 0.2) is 0 Å². The van der Waals surface area contributed by atoms with Gasteiger partial charge in [-0.1, -0.05) is 60.1 Å². The summed E-state index contributed by atoms with van der Waals surface area (Å²) in [5.74, 6) is -0.00513. The number of benzene rings is 2. The largest absolute Gasteiger partial charge is 0.344 e. The molecule has 0 spiro atoms. The van der Waals surface area contributed by atoms with Gasteiger partial charge in [0.25, 0.3) is 0 Å². The number of rotatable bonds is 6. The number of aromatic nitrogens is 1. The fourth-order valence-corrected chi connectivity index (χ4v) is 2.79. The second-order valence-electron chi connectivity index (χ2n) is 5.79. The number of carbonyl (C=O) groups excluding carboxylic acids is 1. The summed E-state index contributed by atoms with van der Waals surface area (Å²) < 4.78 is 0. The average Bonchev–Trinajstić information content (AvgIpc) is 2.67. The lowest BCUT2D eigenvalue weighted by molar-refractivity contribution is -0.121. The van der Waals surface area contributed by atoms with Gasteiger partial charge in [0.2, 0.25) is 5.91 Å². The van der Waals surface area contributed by atoms with Crippen LogP contribution in [-0.2, 0) is 11.2 Å². The van der Waals surface area contributed by atoms with E-state index in [9.17, 15) is 4.79 Å². The van der Waals surface area contributed by atoms with E-state index in [1.165, 1.54) is 0 Å². The normalized spacial score (nSPS) is 11.7. The van der Waals surface area contributed by atoms with Gasteiger partial charge < -0.3 is 5.32 Å². The van der Waals surface area contributed by atoms with Crippen LogP contribution in [0, 0.1) is 0 Å². The maximum Gasteiger partial charge on any atom is 0.221 e. The van der Waals surface area contributed by atoms with E-state index in [0.29, 0.717) is 17.9 Å². The summed E-state index contributed by atoms with van der Waals surface area (Å²) >= 11 is 5.89. The smallest absolute Gasteiger partial charge is 0.221 e. The van der Waals surface area contributed by atoms with Crippen molar-refractivity contribution in [1.82, 2.24) is 10.3 Å². The zero-order valence-corrected chi connectivity index (χ0v) is 14.5. The number of nitrogens with zero attached hydrogens (tertiary/aromatic N) is 1. The molecule has 0 bridgehead atoms. The number of aryl methyl sites for hydroxylation is 1. The summed E-state index contributed by atoms with van der Waals surface area (Å²) in [4.78, 5) is 16.9. The molecule has 3 rings (SSSR count). The van der Waals surface area contributed by atoms with Crippen molar-refractivity contribution in [1.29, 1.82) is 0 Å². The van der Waals surface area contributed by atoms with Crippen molar-refractivity contribution in [2.75, 3.05) is 0 Å². The van der Waals surface area contributed by atoms with Crippen LogP contribution in [0.1, 0.15) is 29.3 Å². The zero-order valence-electron chi connectivity index (χ0n) is 13.7. The highest BCUT2D eigenvalue weighted by Crippen LogP contribution is 2.20. The molecule has 3 nitrogen and oxygen atoms in total. The van der Waals surface area contributed by atoms with Crippen molar-refractivity contribution in [3.63, 3.8) is 0 Å². The van der Waals surface area contributed by atoms with Gasteiger partial charge in [-0.3, -0.25) is 9.78 Å². The van der Waals surface area contributed by atoms with Crippen molar-refractivity contribution < 1.29 is 4.79 Å². The molecule has 0 fully saturated rings. The van der Waals surface area contributed by atoms with Gasteiger partial charge in [0.1, 0.15) is 0 Å². The monoisotopic (exact) mass is 350 g/mol. The van der Waals surface area contributed by atoms with Crippen molar-refractivity contribution in [3.05, 3.63) is 101 Å². The van der Waals surface area contributed by atoms with Crippen LogP contribution in [-0.4, -0.2) is 10.9 Å². The molecule has 0 saturated carbocycles. The second kappa shape index (κ2) is 8.45. The van der Waals surface area contributed by atoms with Gasteiger partial charge >= 0.3 is 0 Å². The van der Waals surface area contributed by atoms with Crippen LogP contribution in [0.25, 0.3) is 0 Å². The molecule has 1 heterocycles. The van der Waals surface area contributed by atoms with Crippen molar-refractivity contribution >= 4 is 17.5 Å². The van der Waals surface area contributed by atoms with Gasteiger partial charge in [-0.15, -0.1) is 0 Å². The Morgan fingerprint density at radius 2 is 1.68 bits per heavy atom. The van der Waals surface area contributed by atoms with Gasteiger partial charge in [-0.05, 0) is 41.8 Å². The Balaban J connectivity index is 1.69. The summed E-state index contributed by atoms with van der Waals surface area (Å²) in [7, 11) is 0. The molecule has 1 aromatic heterocycles. The third-order valence-corrected chi connectivity index (χ3v) is 4.23. The molecule has 0 aliphatic rings. The summed E-state index contributed by atoms with van der Waals surface area (Å²) in [6, 6.07) is 22.9. The molecule has 1 N–H and O–H groups in total. The summed E-state index contributed by atoms with van der Waals surface area (Å²) in [5, 5.41) is 3.81. The fraction of sp³-hybridized carbons (Fsp3) is 0.143. The maximum absolute atomic E-state index is 12.5. The Labute approximate surface area is 152 Å². The van der Waals surface area contributed by atoms with E-state index >= 15 is 0 Å². The Morgan fingerprint density at radius 3 is 2.36 bits per heavy atom. The number of carbonyl (C=O) groups is 1. The summed E-state index contributed by atoms with van der Waals surface area (Å²) in [6.45, 7) is 0. The lowest BCUT2D eigenvalue weighted by Crippen LogP contribution is -2.30. The van der Waals surface area contributed by atoms with Crippen LogP contribution >= 0.6 is 11.6 Å². The third kappa shape index (κ3) is 4.91. The van der Waals surface area contributed by atoms with Crippen LogP contribution in [0.4, 0.5) is 0 Å². The predicted molar refractivity (Wildman–Crippen MR) is 100 cm³/mol. The molecular formula is C21H19ClN2O. The van der Waals surface area contributed by atoms with E-state index in [-0.39, 0.29) is 11.9 Å². The molecule has 126 valence electrons. The van der Waals surface area contributed by atoms with E-state index in [1.54, 1.807) is 6.20 Å². The molecule has 3 aromatic rings. The van der Waals surface area contributed by atoms with Gasteiger partial charge in [0.05, 0.1) is 11.7 Å². The minimum absolute atomic E-state index is 0.00513. The maximum atomic E-state index is 12.5. The minimum atomic E-state index is -0.250. The molecule has 1 unspecified atom stereocenters. The second-order valence-corrected chi connectivity index (χ2v) is 6.23. The molecule has 0 saturated heterocycles. The molecule has 1 amide bonds. The van der Waals surface area contributed by atoms with E-state index in [4.69, 9.17) is 11.6 Å². The first-order chi connectivity index (χ1) is 12.2. The number of halogens is 1. The van der Waals surface area contributed by atoms with E-state index < -0.39 is 0 Å². The third-order valence-electron chi connectivity index (χ3n) is 3.98. The quantitative estimate of drug-likeness (QED) is 0.707. The zero-order chi connectivity index (χ0) is 17.5. The van der Waals surface area contributed by atoms with Crippen LogP contribution in [0.15, 0.2) is 79.0 Å². The van der Waals surface area contributed by atoms with Crippen LogP contribution < -0.4 is 5.32 Å². The van der Waals surface area contributed by atoms with Crippen LogP contribution in [0.5, 0.6) is 0 Å². The minimum Gasteiger partial charge on any atom is -0.344 e. The lowest BCUT2D eigenvalue weighted by Gasteiger charge is -2.19. The van der Waals surface area contributed by atoms with Crippen LogP contribution in [0.3, 0.4) is 0 Å². The molecule has 4 heteroatoms. The van der Waals surface area contributed by atoms with Gasteiger partial charge in [0, 0.05) is 17.6 Å². The summed E-state index contributed by atoms with van der Waals surface area (Å²) in [5.41, 5.74) is 2.93. The highest BCUT2D eigenvalue weighted by atomic mass is 35.5. The van der Waals surface area contributed by atoms with Crippen molar-refractivity contribution in [2.45, 2.75) is 18.9 Å². The fourth-order valence-electron chi connectivity index (χ4n) is 2.66. The predicted octanol–water partition coefficient (Wildman–Crippen LogP) is 4.57. The molecule has 0 radical (unpaired) electrons. The number of pyridine rings is 1. The molecule has 1 atom stereocenters. The highest BCUT2D eigenvalue weighted by molar-refractivity contribution is 6.30. The SMILES string of the molecule is O=C(CCc1ccc(Cl)cc1)NC(c1ccccc1)c1ccccn1. The molecule has 0 aliphatic carbocycles. The Morgan fingerprint density at radius 1 is 0.960 bits per heavy atom. The Bertz CT molecular complexity index is 765. The molecule has 25 heavy (non-hydrogen) atoms. The first-order valence-electron chi connectivity index (χ1n) is 8.22. The topological polar surface area (TPSA) is 42.0 Å². The number of amides is 1. The number of hydrogen-bond acceptors (Lipinski definition) is 2. The molecular weight excluding hydrogens is 332 g/mol.